The van der Waals surface area contributed by atoms with Gasteiger partial charge in [0.2, 0.25) is 0 Å². The van der Waals surface area contributed by atoms with Crippen LogP contribution in [0.5, 0.6) is 5.75 Å². The zero-order valence-electron chi connectivity index (χ0n) is 10.2. The second-order valence-electron chi connectivity index (χ2n) is 4.56. The highest BCUT2D eigenvalue weighted by Gasteiger charge is 2.22. The Bertz CT molecular complexity index is 384. The Morgan fingerprint density at radius 3 is 3.00 bits per heavy atom. The first kappa shape index (κ1) is 12.3. The molecule has 0 saturated carbocycles. The summed E-state index contributed by atoms with van der Waals surface area (Å²) in [6.07, 6.45) is 1.11. The molecule has 1 heterocycles. The molecule has 0 radical (unpaired) electrons. The molecule has 94 valence electrons. The lowest BCUT2D eigenvalue weighted by Gasteiger charge is -2.16. The number of rotatable bonds is 4. The number of likely N-dealkylation sites (tertiary alicyclic amines) is 1. The highest BCUT2D eigenvalue weighted by Crippen LogP contribution is 2.23. The van der Waals surface area contributed by atoms with Crippen LogP contribution in [0.4, 0.5) is 4.39 Å². The van der Waals surface area contributed by atoms with Crippen molar-refractivity contribution in [3.05, 3.63) is 29.6 Å². The van der Waals surface area contributed by atoms with Gasteiger partial charge in [0.1, 0.15) is 0 Å². The Morgan fingerprint density at radius 1 is 1.53 bits per heavy atom. The predicted octanol–water partition coefficient (Wildman–Crippen LogP) is 1.61. The van der Waals surface area contributed by atoms with E-state index in [9.17, 15) is 4.39 Å². The summed E-state index contributed by atoms with van der Waals surface area (Å²) in [5.41, 5.74) is 6.34. The van der Waals surface area contributed by atoms with Crippen LogP contribution < -0.4 is 10.5 Å². The minimum Gasteiger partial charge on any atom is -0.494 e. The van der Waals surface area contributed by atoms with E-state index >= 15 is 0 Å². The highest BCUT2D eigenvalue weighted by molar-refractivity contribution is 5.31. The smallest absolute Gasteiger partial charge is 0.169 e. The van der Waals surface area contributed by atoms with Crippen molar-refractivity contribution in [1.29, 1.82) is 0 Å². The molecule has 0 aromatic heterocycles. The van der Waals surface area contributed by atoms with Gasteiger partial charge >= 0.3 is 0 Å². The largest absolute Gasteiger partial charge is 0.494 e. The van der Waals surface area contributed by atoms with Crippen molar-refractivity contribution in [2.45, 2.75) is 13.0 Å². The van der Waals surface area contributed by atoms with E-state index in [1.165, 1.54) is 7.11 Å². The van der Waals surface area contributed by atoms with Crippen molar-refractivity contribution in [2.75, 3.05) is 26.7 Å². The van der Waals surface area contributed by atoms with Crippen LogP contribution in [0, 0.1) is 11.7 Å². The number of halogens is 1. The van der Waals surface area contributed by atoms with Crippen molar-refractivity contribution >= 4 is 0 Å². The van der Waals surface area contributed by atoms with Crippen molar-refractivity contribution in [1.82, 2.24) is 4.90 Å². The minimum atomic E-state index is -0.244. The fourth-order valence-electron chi connectivity index (χ4n) is 2.33. The molecule has 0 amide bonds. The average molecular weight is 238 g/mol. The van der Waals surface area contributed by atoms with E-state index in [2.05, 4.69) is 4.90 Å². The summed E-state index contributed by atoms with van der Waals surface area (Å²) in [5.74, 6) is 0.631. The van der Waals surface area contributed by atoms with Gasteiger partial charge in [0.15, 0.2) is 11.6 Å². The van der Waals surface area contributed by atoms with Gasteiger partial charge in [0.25, 0.3) is 0 Å². The van der Waals surface area contributed by atoms with E-state index in [1.807, 2.05) is 12.1 Å². The van der Waals surface area contributed by atoms with Crippen LogP contribution in [0.15, 0.2) is 18.2 Å². The Hall–Kier alpha value is -1.13. The van der Waals surface area contributed by atoms with Crippen LogP contribution in [0.1, 0.15) is 12.0 Å². The van der Waals surface area contributed by atoms with Crippen molar-refractivity contribution < 1.29 is 9.13 Å². The van der Waals surface area contributed by atoms with Gasteiger partial charge in [-0.05, 0) is 31.5 Å². The second-order valence-corrected chi connectivity index (χ2v) is 4.56. The maximum absolute atomic E-state index is 13.9. The third-order valence-corrected chi connectivity index (χ3v) is 3.36. The normalized spacial score (nSPS) is 20.8. The number of benzene rings is 1. The van der Waals surface area contributed by atoms with Crippen LogP contribution in [-0.4, -0.2) is 31.6 Å². The molecule has 1 aliphatic heterocycles. The first-order valence-electron chi connectivity index (χ1n) is 5.98. The molecule has 0 spiro atoms. The van der Waals surface area contributed by atoms with Crippen LogP contribution in [0.3, 0.4) is 0 Å². The van der Waals surface area contributed by atoms with E-state index in [1.54, 1.807) is 6.07 Å². The lowest BCUT2D eigenvalue weighted by molar-refractivity contribution is 0.308. The number of hydrogen-bond acceptors (Lipinski definition) is 3. The zero-order valence-corrected chi connectivity index (χ0v) is 10.2. The van der Waals surface area contributed by atoms with Gasteiger partial charge in [-0.3, -0.25) is 4.90 Å². The van der Waals surface area contributed by atoms with Crippen LogP contribution >= 0.6 is 0 Å². The number of nitrogens with two attached hydrogens (primary N) is 1. The van der Waals surface area contributed by atoms with Crippen molar-refractivity contribution in [2.24, 2.45) is 11.7 Å². The van der Waals surface area contributed by atoms with Crippen molar-refractivity contribution in [3.63, 3.8) is 0 Å². The Kier molecular flexibility index (Phi) is 3.97. The summed E-state index contributed by atoms with van der Waals surface area (Å²) in [5, 5.41) is 0. The second kappa shape index (κ2) is 5.47. The molecule has 1 unspecified atom stereocenters. The van der Waals surface area contributed by atoms with E-state index < -0.39 is 0 Å². The standard InChI is InChI=1S/C13H19FN2O/c1-17-12-4-2-3-11(13(12)14)9-16-6-5-10(7-15)8-16/h2-4,10H,5-9,15H2,1H3. The molecule has 1 atom stereocenters. The fraction of sp³-hybridized carbons (Fsp3) is 0.538. The minimum absolute atomic E-state index is 0.244. The first-order valence-corrected chi connectivity index (χ1v) is 5.98. The third kappa shape index (κ3) is 2.76. The highest BCUT2D eigenvalue weighted by atomic mass is 19.1. The lowest BCUT2D eigenvalue weighted by atomic mass is 10.1. The summed E-state index contributed by atoms with van der Waals surface area (Å²) in [4.78, 5) is 2.25. The molecule has 2 N–H and O–H groups in total. The zero-order chi connectivity index (χ0) is 12.3. The van der Waals surface area contributed by atoms with Crippen LogP contribution in [0.25, 0.3) is 0 Å². The van der Waals surface area contributed by atoms with E-state index in [-0.39, 0.29) is 5.82 Å². The molecule has 2 rings (SSSR count). The molecule has 1 fully saturated rings. The molecule has 1 saturated heterocycles. The lowest BCUT2D eigenvalue weighted by Crippen LogP contribution is -2.23. The number of ether oxygens (including phenoxy) is 1. The molecule has 3 nitrogen and oxygen atoms in total. The number of hydrogen-bond donors (Lipinski definition) is 1. The molecule has 17 heavy (non-hydrogen) atoms. The Labute approximate surface area is 101 Å². The van der Waals surface area contributed by atoms with E-state index in [4.69, 9.17) is 10.5 Å². The van der Waals surface area contributed by atoms with Gasteiger partial charge < -0.3 is 10.5 Å². The molecular formula is C13H19FN2O. The van der Waals surface area contributed by atoms with Gasteiger partial charge in [0.05, 0.1) is 7.11 Å². The molecule has 0 aliphatic carbocycles. The first-order chi connectivity index (χ1) is 8.24. The molecule has 1 aromatic carbocycles. The molecule has 4 heteroatoms. The summed E-state index contributed by atoms with van der Waals surface area (Å²) < 4.78 is 18.9. The third-order valence-electron chi connectivity index (χ3n) is 3.36. The SMILES string of the molecule is COc1cccc(CN2CCC(CN)C2)c1F. The molecule has 1 aliphatic rings. The molecule has 0 bridgehead atoms. The number of nitrogens with zero attached hydrogens (tertiary/aromatic N) is 1. The van der Waals surface area contributed by atoms with Gasteiger partial charge in [-0.1, -0.05) is 12.1 Å². The van der Waals surface area contributed by atoms with E-state index in [0.29, 0.717) is 23.8 Å². The quantitative estimate of drug-likeness (QED) is 0.866. The Morgan fingerprint density at radius 2 is 2.35 bits per heavy atom. The van der Waals surface area contributed by atoms with Crippen molar-refractivity contribution in [3.8, 4) is 5.75 Å². The molecular weight excluding hydrogens is 219 g/mol. The average Bonchev–Trinajstić information content (AvgIpc) is 2.79. The summed E-state index contributed by atoms with van der Waals surface area (Å²) in [7, 11) is 1.49. The topological polar surface area (TPSA) is 38.5 Å². The van der Waals surface area contributed by atoms with Crippen LogP contribution in [0.2, 0.25) is 0 Å². The van der Waals surface area contributed by atoms with Gasteiger partial charge in [-0.2, -0.15) is 0 Å². The van der Waals surface area contributed by atoms with Crippen LogP contribution in [-0.2, 0) is 6.54 Å². The summed E-state index contributed by atoms with van der Waals surface area (Å²) in [6.45, 7) is 3.32. The summed E-state index contributed by atoms with van der Waals surface area (Å²) >= 11 is 0. The maximum atomic E-state index is 13.9. The maximum Gasteiger partial charge on any atom is 0.169 e. The Balaban J connectivity index is 2.04. The number of methoxy groups -OCH3 is 1. The predicted molar refractivity (Wildman–Crippen MR) is 65.4 cm³/mol. The van der Waals surface area contributed by atoms with Gasteiger partial charge in [-0.15, -0.1) is 0 Å². The van der Waals surface area contributed by atoms with E-state index in [0.717, 1.165) is 26.1 Å². The monoisotopic (exact) mass is 238 g/mol. The molecule has 1 aromatic rings. The van der Waals surface area contributed by atoms with Gasteiger partial charge in [-0.25, -0.2) is 4.39 Å². The van der Waals surface area contributed by atoms with Gasteiger partial charge in [0, 0.05) is 18.7 Å². The summed E-state index contributed by atoms with van der Waals surface area (Å²) in [6, 6.07) is 5.28. The fourth-order valence-corrected chi connectivity index (χ4v) is 2.33.